The molecule has 1 aromatic rings. The van der Waals surface area contributed by atoms with Gasteiger partial charge >= 0.3 is 12.0 Å². The lowest BCUT2D eigenvalue weighted by Gasteiger charge is -2.21. The number of carbonyl (C=O) groups is 2. The monoisotopic (exact) mass is 281 g/mol. The third-order valence-electron chi connectivity index (χ3n) is 2.85. The van der Waals surface area contributed by atoms with Crippen LogP contribution in [0.3, 0.4) is 0 Å². The molecule has 0 aliphatic rings. The topological polar surface area (TPSA) is 103 Å². The predicted octanol–water partition coefficient (Wildman–Crippen LogP) is 0.101. The van der Waals surface area contributed by atoms with E-state index in [0.717, 1.165) is 5.56 Å². The first-order chi connectivity index (χ1) is 9.54. The zero-order valence-corrected chi connectivity index (χ0v) is 11.3. The normalized spacial score (nSPS) is 11.7. The van der Waals surface area contributed by atoms with Crippen LogP contribution in [0.25, 0.3) is 0 Å². The Labute approximate surface area is 117 Å². The van der Waals surface area contributed by atoms with E-state index in [-0.39, 0.29) is 13.0 Å². The standard InChI is InChI=1S/C13H19N3O4/c1-16(8-4-10-2-6-14-7-3-10)13(20)15-11(5-9-17)12(18)19/h2-3,6-7,11,17H,4-5,8-9H2,1H3,(H,15,20)(H,18,19)/t11-/m1/s1. The van der Waals surface area contributed by atoms with Crippen molar-refractivity contribution in [2.24, 2.45) is 0 Å². The number of urea groups is 1. The van der Waals surface area contributed by atoms with E-state index in [1.165, 1.54) is 4.90 Å². The number of hydrogen-bond acceptors (Lipinski definition) is 4. The molecule has 3 N–H and O–H groups in total. The molecule has 0 aromatic carbocycles. The fourth-order valence-corrected chi connectivity index (χ4v) is 1.59. The van der Waals surface area contributed by atoms with Gasteiger partial charge in [0, 0.05) is 39.0 Å². The predicted molar refractivity (Wildman–Crippen MR) is 72.2 cm³/mol. The molecular weight excluding hydrogens is 262 g/mol. The van der Waals surface area contributed by atoms with E-state index in [0.29, 0.717) is 13.0 Å². The lowest BCUT2D eigenvalue weighted by atomic mass is 10.2. The minimum absolute atomic E-state index is 0.0146. The number of aliphatic hydroxyl groups excluding tert-OH is 1. The Balaban J connectivity index is 2.44. The highest BCUT2D eigenvalue weighted by atomic mass is 16.4. The summed E-state index contributed by atoms with van der Waals surface area (Å²) in [5, 5.41) is 20.0. The van der Waals surface area contributed by atoms with E-state index in [1.807, 2.05) is 12.1 Å². The van der Waals surface area contributed by atoms with Crippen LogP contribution >= 0.6 is 0 Å². The summed E-state index contributed by atoms with van der Waals surface area (Å²) in [4.78, 5) is 28.0. The van der Waals surface area contributed by atoms with Crippen LogP contribution < -0.4 is 5.32 Å². The molecule has 1 atom stereocenters. The van der Waals surface area contributed by atoms with Gasteiger partial charge in [-0.15, -0.1) is 0 Å². The van der Waals surface area contributed by atoms with Gasteiger partial charge in [0.2, 0.25) is 0 Å². The SMILES string of the molecule is CN(CCc1ccncc1)C(=O)N[C@H](CCO)C(=O)O. The number of aliphatic hydroxyl groups is 1. The van der Waals surface area contributed by atoms with Crippen LogP contribution in [0.5, 0.6) is 0 Å². The molecule has 0 aliphatic heterocycles. The lowest BCUT2D eigenvalue weighted by molar-refractivity contribution is -0.139. The molecular formula is C13H19N3O4. The first-order valence-corrected chi connectivity index (χ1v) is 6.28. The molecule has 0 radical (unpaired) electrons. The van der Waals surface area contributed by atoms with Crippen molar-refractivity contribution in [3.63, 3.8) is 0 Å². The first kappa shape index (κ1) is 15.9. The number of likely N-dealkylation sites (N-methyl/N-ethyl adjacent to an activating group) is 1. The number of carbonyl (C=O) groups excluding carboxylic acids is 1. The van der Waals surface area contributed by atoms with Crippen LogP contribution in [-0.4, -0.2) is 58.3 Å². The largest absolute Gasteiger partial charge is 0.480 e. The number of nitrogens with one attached hydrogen (secondary N) is 1. The van der Waals surface area contributed by atoms with Crippen molar-refractivity contribution < 1.29 is 19.8 Å². The summed E-state index contributed by atoms with van der Waals surface area (Å²) in [7, 11) is 1.59. The van der Waals surface area contributed by atoms with Gasteiger partial charge in [0.1, 0.15) is 6.04 Å². The number of rotatable bonds is 7. The smallest absolute Gasteiger partial charge is 0.326 e. The Kier molecular flexibility index (Phi) is 6.45. The van der Waals surface area contributed by atoms with Crippen LogP contribution in [-0.2, 0) is 11.2 Å². The zero-order chi connectivity index (χ0) is 15.0. The van der Waals surface area contributed by atoms with Gasteiger partial charge in [-0.05, 0) is 24.1 Å². The molecule has 20 heavy (non-hydrogen) atoms. The molecule has 2 amide bonds. The Morgan fingerprint density at radius 1 is 1.40 bits per heavy atom. The number of pyridine rings is 1. The van der Waals surface area contributed by atoms with E-state index < -0.39 is 18.0 Å². The molecule has 0 unspecified atom stereocenters. The van der Waals surface area contributed by atoms with Crippen molar-refractivity contribution in [2.75, 3.05) is 20.2 Å². The number of carboxylic acid groups (broad SMARTS) is 1. The fourth-order valence-electron chi connectivity index (χ4n) is 1.59. The van der Waals surface area contributed by atoms with Gasteiger partial charge in [0.25, 0.3) is 0 Å². The van der Waals surface area contributed by atoms with Crippen LogP contribution in [0.4, 0.5) is 4.79 Å². The second kappa shape index (κ2) is 8.11. The summed E-state index contributed by atoms with van der Waals surface area (Å²) in [6.07, 6.45) is 4.00. The van der Waals surface area contributed by atoms with Gasteiger partial charge < -0.3 is 20.4 Å². The molecule has 7 nitrogen and oxygen atoms in total. The van der Waals surface area contributed by atoms with Gasteiger partial charge in [-0.3, -0.25) is 4.98 Å². The number of aliphatic carboxylic acids is 1. The number of hydrogen-bond donors (Lipinski definition) is 3. The number of amides is 2. The zero-order valence-electron chi connectivity index (χ0n) is 11.3. The van der Waals surface area contributed by atoms with Crippen molar-refractivity contribution in [3.05, 3.63) is 30.1 Å². The molecule has 0 saturated heterocycles. The Hall–Kier alpha value is -2.15. The number of nitrogens with zero attached hydrogens (tertiary/aromatic N) is 2. The highest BCUT2D eigenvalue weighted by molar-refractivity contribution is 5.82. The number of carboxylic acids is 1. The van der Waals surface area contributed by atoms with E-state index >= 15 is 0 Å². The fraction of sp³-hybridized carbons (Fsp3) is 0.462. The molecule has 0 fully saturated rings. The summed E-state index contributed by atoms with van der Waals surface area (Å²) >= 11 is 0. The molecule has 0 aliphatic carbocycles. The Morgan fingerprint density at radius 2 is 2.05 bits per heavy atom. The van der Waals surface area contributed by atoms with E-state index in [4.69, 9.17) is 10.2 Å². The maximum absolute atomic E-state index is 11.8. The highest BCUT2D eigenvalue weighted by Crippen LogP contribution is 2.00. The van der Waals surface area contributed by atoms with E-state index in [2.05, 4.69) is 10.3 Å². The molecule has 110 valence electrons. The molecule has 1 heterocycles. The maximum Gasteiger partial charge on any atom is 0.326 e. The summed E-state index contributed by atoms with van der Waals surface area (Å²) < 4.78 is 0. The highest BCUT2D eigenvalue weighted by Gasteiger charge is 2.20. The van der Waals surface area contributed by atoms with Crippen LogP contribution in [0, 0.1) is 0 Å². The first-order valence-electron chi connectivity index (χ1n) is 6.28. The van der Waals surface area contributed by atoms with E-state index in [1.54, 1.807) is 19.4 Å². The number of aromatic nitrogens is 1. The minimum Gasteiger partial charge on any atom is -0.480 e. The summed E-state index contributed by atoms with van der Waals surface area (Å²) in [6.45, 7) is 0.166. The summed E-state index contributed by atoms with van der Waals surface area (Å²) in [5.74, 6) is -1.16. The second-order valence-corrected chi connectivity index (χ2v) is 4.38. The Bertz CT molecular complexity index is 439. The van der Waals surface area contributed by atoms with Crippen LogP contribution in [0.15, 0.2) is 24.5 Å². The second-order valence-electron chi connectivity index (χ2n) is 4.38. The third-order valence-corrected chi connectivity index (χ3v) is 2.85. The molecule has 1 rings (SSSR count). The van der Waals surface area contributed by atoms with Gasteiger partial charge in [0.15, 0.2) is 0 Å². The van der Waals surface area contributed by atoms with Crippen LogP contribution in [0.2, 0.25) is 0 Å². The molecule has 1 aromatic heterocycles. The van der Waals surface area contributed by atoms with Crippen LogP contribution in [0.1, 0.15) is 12.0 Å². The average Bonchev–Trinajstić information content (AvgIpc) is 2.45. The van der Waals surface area contributed by atoms with Crippen molar-refractivity contribution in [1.29, 1.82) is 0 Å². The quantitative estimate of drug-likeness (QED) is 0.658. The summed E-state index contributed by atoms with van der Waals surface area (Å²) in [5.41, 5.74) is 1.05. The molecule has 0 saturated carbocycles. The summed E-state index contributed by atoms with van der Waals surface area (Å²) in [6, 6.07) is 2.17. The van der Waals surface area contributed by atoms with Gasteiger partial charge in [-0.2, -0.15) is 0 Å². The van der Waals surface area contributed by atoms with Crippen molar-refractivity contribution in [2.45, 2.75) is 18.9 Å². The minimum atomic E-state index is -1.16. The Morgan fingerprint density at radius 3 is 2.60 bits per heavy atom. The van der Waals surface area contributed by atoms with Gasteiger partial charge in [-0.1, -0.05) is 0 Å². The average molecular weight is 281 g/mol. The maximum atomic E-state index is 11.8. The van der Waals surface area contributed by atoms with E-state index in [9.17, 15) is 9.59 Å². The van der Waals surface area contributed by atoms with Gasteiger partial charge in [0.05, 0.1) is 0 Å². The van der Waals surface area contributed by atoms with Crippen molar-refractivity contribution in [3.8, 4) is 0 Å². The molecule has 0 spiro atoms. The van der Waals surface area contributed by atoms with Crippen molar-refractivity contribution >= 4 is 12.0 Å². The molecule has 0 bridgehead atoms. The molecule has 7 heteroatoms. The third kappa shape index (κ3) is 5.23. The van der Waals surface area contributed by atoms with Gasteiger partial charge in [-0.25, -0.2) is 9.59 Å². The lowest BCUT2D eigenvalue weighted by Crippen LogP contribution is -2.47. The van der Waals surface area contributed by atoms with Crippen molar-refractivity contribution in [1.82, 2.24) is 15.2 Å².